The summed E-state index contributed by atoms with van der Waals surface area (Å²) >= 11 is 0. The molecule has 162 valence electrons. The third kappa shape index (κ3) is 5.32. The molecule has 1 N–H and O–H groups in total. The first kappa shape index (κ1) is 21.1. The molecule has 6 nitrogen and oxygen atoms in total. The fraction of sp³-hybridized carbons (Fsp3) is 0.400. The summed E-state index contributed by atoms with van der Waals surface area (Å²) in [7, 11) is 0. The summed E-state index contributed by atoms with van der Waals surface area (Å²) < 4.78 is 5.49. The third-order valence-electron chi connectivity index (χ3n) is 5.95. The van der Waals surface area contributed by atoms with Gasteiger partial charge in [0, 0.05) is 29.4 Å². The van der Waals surface area contributed by atoms with Crippen LogP contribution >= 0.6 is 0 Å². The van der Waals surface area contributed by atoms with E-state index in [1.54, 1.807) is 6.20 Å². The summed E-state index contributed by atoms with van der Waals surface area (Å²) in [6.07, 6.45) is 13.5. The molecule has 0 radical (unpaired) electrons. The van der Waals surface area contributed by atoms with E-state index in [9.17, 15) is 4.79 Å². The van der Waals surface area contributed by atoms with Crippen LogP contribution in [0.3, 0.4) is 0 Å². The number of nitrogens with zero attached hydrogens (tertiary/aromatic N) is 2. The molecule has 31 heavy (non-hydrogen) atoms. The zero-order chi connectivity index (χ0) is 21.5. The van der Waals surface area contributed by atoms with Crippen LogP contribution in [0.5, 0.6) is 5.75 Å². The number of carboxylic acid groups (broad SMARTS) is 1. The minimum atomic E-state index is -0.979. The highest BCUT2D eigenvalue weighted by Gasteiger charge is 2.22. The van der Waals surface area contributed by atoms with Crippen LogP contribution in [-0.2, 0) is 16.1 Å². The Morgan fingerprint density at radius 2 is 2.03 bits per heavy atom. The molecule has 2 aliphatic carbocycles. The standard InChI is InChI=1S/C25H28N2O4/c28-24(29)17-30-23-13-5-11-21-20(9-4-12-22(21)23)16-31-27-25(18-7-2-1-3-8-18)19-10-6-14-26-15-19/h5-6,9-11,13-15,18H,1-4,7-8,12,16-17H2,(H,28,29). The molecule has 2 aliphatic rings. The molecule has 0 unspecified atom stereocenters. The van der Waals surface area contributed by atoms with Gasteiger partial charge < -0.3 is 14.7 Å². The summed E-state index contributed by atoms with van der Waals surface area (Å²) in [5.74, 6) is 0.0568. The number of aromatic nitrogens is 1. The number of hydrogen-bond donors (Lipinski definition) is 1. The molecule has 6 heteroatoms. The molecule has 4 rings (SSSR count). The van der Waals surface area contributed by atoms with Gasteiger partial charge in [-0.25, -0.2) is 4.79 Å². The van der Waals surface area contributed by atoms with Crippen molar-refractivity contribution in [2.75, 3.05) is 13.2 Å². The van der Waals surface area contributed by atoms with Gasteiger partial charge in [0.25, 0.3) is 0 Å². The van der Waals surface area contributed by atoms with E-state index < -0.39 is 5.97 Å². The summed E-state index contributed by atoms with van der Waals surface area (Å²) in [4.78, 5) is 21.0. The molecule has 1 heterocycles. The van der Waals surface area contributed by atoms with Crippen molar-refractivity contribution in [1.82, 2.24) is 4.98 Å². The monoisotopic (exact) mass is 420 g/mol. The van der Waals surface area contributed by atoms with Gasteiger partial charge in [-0.05, 0) is 55.0 Å². The molecule has 1 saturated carbocycles. The number of pyridine rings is 1. The first-order valence-electron chi connectivity index (χ1n) is 11.0. The van der Waals surface area contributed by atoms with Gasteiger partial charge in [-0.15, -0.1) is 0 Å². The lowest BCUT2D eigenvalue weighted by Crippen LogP contribution is -2.20. The number of hydrogen-bond acceptors (Lipinski definition) is 5. The molecule has 0 spiro atoms. The Hall–Kier alpha value is -3.15. The van der Waals surface area contributed by atoms with Crippen LogP contribution < -0.4 is 4.74 Å². The van der Waals surface area contributed by atoms with E-state index in [2.05, 4.69) is 16.2 Å². The molecule has 0 aliphatic heterocycles. The lowest BCUT2D eigenvalue weighted by atomic mass is 9.84. The Morgan fingerprint density at radius 1 is 1.16 bits per heavy atom. The minimum absolute atomic E-state index is 0.341. The van der Waals surface area contributed by atoms with Crippen molar-refractivity contribution in [2.45, 2.75) is 44.9 Å². The molecule has 0 atom stereocenters. The molecule has 0 amide bonds. The number of ether oxygens (including phenoxy) is 1. The average Bonchev–Trinajstić information content (AvgIpc) is 2.81. The van der Waals surface area contributed by atoms with Crippen molar-refractivity contribution in [3.63, 3.8) is 0 Å². The van der Waals surface area contributed by atoms with Crippen LogP contribution in [0.15, 0.2) is 54.0 Å². The van der Waals surface area contributed by atoms with Gasteiger partial charge in [0.2, 0.25) is 0 Å². The highest BCUT2D eigenvalue weighted by atomic mass is 16.6. The maximum absolute atomic E-state index is 10.9. The Morgan fingerprint density at radius 3 is 2.81 bits per heavy atom. The van der Waals surface area contributed by atoms with Crippen LogP contribution in [0, 0.1) is 5.92 Å². The second-order valence-corrected chi connectivity index (χ2v) is 8.06. The van der Waals surface area contributed by atoms with E-state index in [0.29, 0.717) is 18.3 Å². The zero-order valence-electron chi connectivity index (χ0n) is 17.6. The number of benzene rings is 1. The van der Waals surface area contributed by atoms with E-state index in [-0.39, 0.29) is 6.61 Å². The molecular formula is C25H28N2O4. The molecule has 1 aromatic carbocycles. The second kappa shape index (κ2) is 10.2. The Kier molecular flexibility index (Phi) is 6.97. The predicted molar refractivity (Wildman–Crippen MR) is 119 cm³/mol. The van der Waals surface area contributed by atoms with Gasteiger partial charge in [-0.1, -0.05) is 42.6 Å². The van der Waals surface area contributed by atoms with Gasteiger partial charge in [0.1, 0.15) is 12.4 Å². The molecular weight excluding hydrogens is 392 g/mol. The Bertz CT molecular complexity index is 963. The maximum Gasteiger partial charge on any atom is 0.341 e. The fourth-order valence-corrected chi connectivity index (χ4v) is 4.46. The molecule has 2 aromatic rings. The van der Waals surface area contributed by atoms with Crippen molar-refractivity contribution in [3.8, 4) is 5.75 Å². The summed E-state index contributed by atoms with van der Waals surface area (Å²) in [5.41, 5.74) is 5.15. The quantitative estimate of drug-likeness (QED) is 0.486. The number of carboxylic acids is 1. The van der Waals surface area contributed by atoms with E-state index in [4.69, 9.17) is 14.7 Å². The first-order valence-corrected chi connectivity index (χ1v) is 11.0. The summed E-state index contributed by atoms with van der Waals surface area (Å²) in [6.45, 7) is 0.0258. The highest BCUT2D eigenvalue weighted by molar-refractivity contribution is 6.01. The lowest BCUT2D eigenvalue weighted by molar-refractivity contribution is -0.139. The van der Waals surface area contributed by atoms with Crippen LogP contribution in [0.4, 0.5) is 0 Å². The van der Waals surface area contributed by atoms with Crippen LogP contribution in [0.25, 0.3) is 5.57 Å². The number of fused-ring (bicyclic) bond motifs is 1. The third-order valence-corrected chi connectivity index (χ3v) is 5.95. The number of allylic oxidation sites excluding steroid dienone is 1. The minimum Gasteiger partial charge on any atom is -0.482 e. The van der Waals surface area contributed by atoms with Crippen LogP contribution in [-0.4, -0.2) is 35.0 Å². The topological polar surface area (TPSA) is 81.0 Å². The molecule has 0 saturated heterocycles. The zero-order valence-corrected chi connectivity index (χ0v) is 17.6. The van der Waals surface area contributed by atoms with Gasteiger partial charge in [-0.3, -0.25) is 4.98 Å². The molecule has 1 aromatic heterocycles. The second-order valence-electron chi connectivity index (χ2n) is 8.06. The van der Waals surface area contributed by atoms with E-state index in [1.165, 1.54) is 19.3 Å². The van der Waals surface area contributed by atoms with Gasteiger partial charge in [-0.2, -0.15) is 0 Å². The SMILES string of the molecule is O=C(O)COc1cccc2c1CCC=C2CON=C(c1cccnc1)C1CCCCC1. The predicted octanol–water partition coefficient (Wildman–Crippen LogP) is 4.88. The Balaban J connectivity index is 1.50. The van der Waals surface area contributed by atoms with Crippen molar-refractivity contribution >= 4 is 17.3 Å². The lowest BCUT2D eigenvalue weighted by Gasteiger charge is -2.23. The maximum atomic E-state index is 10.9. The van der Waals surface area contributed by atoms with Crippen molar-refractivity contribution < 1.29 is 19.5 Å². The van der Waals surface area contributed by atoms with Crippen LogP contribution in [0.1, 0.15) is 55.2 Å². The Labute approximate surface area is 182 Å². The molecule has 1 fully saturated rings. The van der Waals surface area contributed by atoms with Crippen LogP contribution in [0.2, 0.25) is 0 Å². The van der Waals surface area contributed by atoms with Crippen molar-refractivity contribution in [2.24, 2.45) is 11.1 Å². The number of oxime groups is 1. The first-order chi connectivity index (χ1) is 15.2. The average molecular weight is 421 g/mol. The number of carbonyl (C=O) groups is 1. The van der Waals surface area contributed by atoms with Gasteiger partial charge in [0.05, 0.1) is 5.71 Å². The fourth-order valence-electron chi connectivity index (χ4n) is 4.46. The van der Waals surface area contributed by atoms with E-state index in [0.717, 1.165) is 53.7 Å². The highest BCUT2D eigenvalue weighted by Crippen LogP contribution is 2.33. The van der Waals surface area contributed by atoms with Gasteiger partial charge in [0.15, 0.2) is 6.61 Å². The smallest absolute Gasteiger partial charge is 0.341 e. The van der Waals surface area contributed by atoms with E-state index in [1.807, 2.05) is 36.5 Å². The molecule has 0 bridgehead atoms. The number of aliphatic carboxylic acids is 1. The van der Waals surface area contributed by atoms with E-state index >= 15 is 0 Å². The summed E-state index contributed by atoms with van der Waals surface area (Å²) in [6, 6.07) is 9.73. The normalized spacial score (nSPS) is 16.9. The summed E-state index contributed by atoms with van der Waals surface area (Å²) in [5, 5.41) is 13.5. The largest absolute Gasteiger partial charge is 0.482 e. The van der Waals surface area contributed by atoms with Crippen molar-refractivity contribution in [1.29, 1.82) is 0 Å². The van der Waals surface area contributed by atoms with Crippen molar-refractivity contribution in [3.05, 3.63) is 65.5 Å². The van der Waals surface area contributed by atoms with Gasteiger partial charge >= 0.3 is 5.97 Å². The number of rotatable bonds is 8.